The van der Waals surface area contributed by atoms with Gasteiger partial charge in [0.05, 0.1) is 11.2 Å². The largest absolute Gasteiger partial charge is 0.457 e. The molecular weight excluding hydrogens is 332 g/mol. The molecule has 3 aromatic carbocycles. The number of rotatable bonds is 3. The highest BCUT2D eigenvalue weighted by Crippen LogP contribution is 2.31. The van der Waals surface area contributed by atoms with Gasteiger partial charge in [-0.25, -0.2) is 0 Å². The summed E-state index contributed by atoms with van der Waals surface area (Å²) in [5.74, 6) is 1.57. The highest BCUT2D eigenvalue weighted by atomic mass is 16.5. The predicted octanol–water partition coefficient (Wildman–Crippen LogP) is 6.24. The molecule has 0 bridgehead atoms. The molecule has 0 spiro atoms. The number of pyridine rings is 2. The van der Waals surface area contributed by atoms with E-state index in [9.17, 15) is 0 Å². The van der Waals surface area contributed by atoms with Crippen LogP contribution in [0.25, 0.3) is 32.9 Å². The molecule has 2 heterocycles. The number of hydrogen-bond donors (Lipinski definition) is 0. The Balaban J connectivity index is 1.54. The Morgan fingerprint density at radius 2 is 1.44 bits per heavy atom. The zero-order valence-electron chi connectivity index (χ0n) is 14.5. The minimum atomic E-state index is 0.783. The molecule has 5 rings (SSSR count). The summed E-state index contributed by atoms with van der Waals surface area (Å²) in [7, 11) is 0. The SMILES string of the molecule is c1ccc(-c2cccc(Oc3ccc4ccc5cccnc5c4c3)c2)nc1. The van der Waals surface area contributed by atoms with Crippen molar-refractivity contribution in [3.63, 3.8) is 0 Å². The van der Waals surface area contributed by atoms with E-state index in [-0.39, 0.29) is 0 Å². The molecule has 0 N–H and O–H groups in total. The van der Waals surface area contributed by atoms with Gasteiger partial charge in [0.25, 0.3) is 0 Å². The van der Waals surface area contributed by atoms with E-state index in [1.807, 2.05) is 60.8 Å². The summed E-state index contributed by atoms with van der Waals surface area (Å²) in [6.45, 7) is 0. The molecule has 3 heteroatoms. The average molecular weight is 348 g/mol. The van der Waals surface area contributed by atoms with Crippen LogP contribution in [-0.4, -0.2) is 9.97 Å². The van der Waals surface area contributed by atoms with Crippen LogP contribution in [0.3, 0.4) is 0 Å². The number of nitrogens with zero attached hydrogens (tertiary/aromatic N) is 2. The standard InChI is InChI=1S/C24H16N2O/c1-2-13-25-23(8-1)19-5-3-7-20(15-19)27-21-12-11-17-9-10-18-6-4-14-26-24(18)22(17)16-21/h1-16H. The summed E-state index contributed by atoms with van der Waals surface area (Å²) >= 11 is 0. The fourth-order valence-electron chi connectivity index (χ4n) is 3.29. The minimum Gasteiger partial charge on any atom is -0.457 e. The molecule has 0 unspecified atom stereocenters. The van der Waals surface area contributed by atoms with Crippen LogP contribution in [0.15, 0.2) is 97.3 Å². The zero-order chi connectivity index (χ0) is 18.1. The van der Waals surface area contributed by atoms with Crippen molar-refractivity contribution in [3.05, 3.63) is 97.3 Å². The molecule has 0 aliphatic rings. The minimum absolute atomic E-state index is 0.783. The molecule has 0 radical (unpaired) electrons. The molecule has 5 aromatic rings. The third kappa shape index (κ3) is 3.00. The maximum Gasteiger partial charge on any atom is 0.128 e. The predicted molar refractivity (Wildman–Crippen MR) is 109 cm³/mol. The van der Waals surface area contributed by atoms with Gasteiger partial charge in [0.2, 0.25) is 0 Å². The fourth-order valence-corrected chi connectivity index (χ4v) is 3.29. The van der Waals surface area contributed by atoms with Crippen LogP contribution in [0, 0.1) is 0 Å². The van der Waals surface area contributed by atoms with E-state index < -0.39 is 0 Å². The highest BCUT2D eigenvalue weighted by molar-refractivity contribution is 6.05. The van der Waals surface area contributed by atoms with Crippen LogP contribution in [0.1, 0.15) is 0 Å². The quantitative estimate of drug-likeness (QED) is 0.362. The van der Waals surface area contributed by atoms with Gasteiger partial charge in [-0.1, -0.05) is 42.5 Å². The summed E-state index contributed by atoms with van der Waals surface area (Å²) in [5, 5.41) is 3.36. The van der Waals surface area contributed by atoms with Gasteiger partial charge >= 0.3 is 0 Å². The third-order valence-electron chi connectivity index (χ3n) is 4.59. The monoisotopic (exact) mass is 348 g/mol. The number of aromatic nitrogens is 2. The van der Waals surface area contributed by atoms with Gasteiger partial charge in [0, 0.05) is 28.7 Å². The van der Waals surface area contributed by atoms with Gasteiger partial charge in [-0.05, 0) is 47.9 Å². The van der Waals surface area contributed by atoms with Gasteiger partial charge in [-0.15, -0.1) is 0 Å². The molecular formula is C24H16N2O. The van der Waals surface area contributed by atoms with Crippen LogP contribution >= 0.6 is 0 Å². The second-order valence-electron chi connectivity index (χ2n) is 6.37. The fraction of sp³-hybridized carbons (Fsp3) is 0. The number of ether oxygens (including phenoxy) is 1. The molecule has 0 amide bonds. The Labute approximate surface area is 156 Å². The van der Waals surface area contributed by atoms with E-state index in [2.05, 4.69) is 40.3 Å². The van der Waals surface area contributed by atoms with Crippen molar-refractivity contribution in [2.24, 2.45) is 0 Å². The van der Waals surface area contributed by atoms with Gasteiger partial charge in [-0.2, -0.15) is 0 Å². The first-order chi connectivity index (χ1) is 13.4. The molecule has 0 aliphatic carbocycles. The summed E-state index contributed by atoms with van der Waals surface area (Å²) in [5.41, 5.74) is 2.94. The van der Waals surface area contributed by atoms with Gasteiger partial charge in [-0.3, -0.25) is 9.97 Å². The van der Waals surface area contributed by atoms with E-state index in [1.54, 1.807) is 6.20 Å². The maximum atomic E-state index is 6.14. The van der Waals surface area contributed by atoms with Crippen LogP contribution in [0.2, 0.25) is 0 Å². The molecule has 3 nitrogen and oxygen atoms in total. The van der Waals surface area contributed by atoms with Crippen molar-refractivity contribution < 1.29 is 4.74 Å². The first-order valence-electron chi connectivity index (χ1n) is 8.84. The highest BCUT2D eigenvalue weighted by Gasteiger charge is 2.06. The van der Waals surface area contributed by atoms with Gasteiger partial charge in [0.1, 0.15) is 11.5 Å². The van der Waals surface area contributed by atoms with Crippen molar-refractivity contribution in [2.75, 3.05) is 0 Å². The van der Waals surface area contributed by atoms with E-state index in [0.29, 0.717) is 0 Å². The lowest BCUT2D eigenvalue weighted by Crippen LogP contribution is -1.88. The number of hydrogen-bond acceptors (Lipinski definition) is 3. The normalized spacial score (nSPS) is 11.0. The Kier molecular flexibility index (Phi) is 3.76. The van der Waals surface area contributed by atoms with Crippen molar-refractivity contribution in [3.8, 4) is 22.8 Å². The first-order valence-corrected chi connectivity index (χ1v) is 8.84. The lowest BCUT2D eigenvalue weighted by Gasteiger charge is -2.09. The first kappa shape index (κ1) is 15.5. The number of fused-ring (bicyclic) bond motifs is 3. The lowest BCUT2D eigenvalue weighted by molar-refractivity contribution is 0.483. The third-order valence-corrected chi connectivity index (χ3v) is 4.59. The molecule has 0 aliphatic heterocycles. The van der Waals surface area contributed by atoms with Crippen LogP contribution < -0.4 is 4.74 Å². The Morgan fingerprint density at radius 1 is 0.593 bits per heavy atom. The van der Waals surface area contributed by atoms with Crippen LogP contribution in [-0.2, 0) is 0 Å². The Hall–Kier alpha value is -3.72. The van der Waals surface area contributed by atoms with Crippen molar-refractivity contribution in [2.45, 2.75) is 0 Å². The molecule has 0 fully saturated rings. The molecule has 2 aromatic heterocycles. The molecule has 0 atom stereocenters. The topological polar surface area (TPSA) is 35.0 Å². The second-order valence-corrected chi connectivity index (χ2v) is 6.37. The zero-order valence-corrected chi connectivity index (χ0v) is 14.5. The Morgan fingerprint density at radius 3 is 2.37 bits per heavy atom. The smallest absolute Gasteiger partial charge is 0.128 e. The summed E-state index contributed by atoms with van der Waals surface area (Å²) in [6.07, 6.45) is 3.62. The van der Waals surface area contributed by atoms with E-state index >= 15 is 0 Å². The van der Waals surface area contributed by atoms with Gasteiger partial charge in [0.15, 0.2) is 0 Å². The lowest BCUT2D eigenvalue weighted by atomic mass is 10.1. The second kappa shape index (κ2) is 6.54. The summed E-state index contributed by atoms with van der Waals surface area (Å²) < 4.78 is 6.14. The Bertz CT molecular complexity index is 1250. The van der Waals surface area contributed by atoms with E-state index in [1.165, 1.54) is 0 Å². The summed E-state index contributed by atoms with van der Waals surface area (Å²) in [4.78, 5) is 8.96. The molecule has 27 heavy (non-hydrogen) atoms. The molecule has 128 valence electrons. The maximum absolute atomic E-state index is 6.14. The molecule has 0 saturated heterocycles. The van der Waals surface area contributed by atoms with Crippen LogP contribution in [0.5, 0.6) is 11.5 Å². The van der Waals surface area contributed by atoms with Gasteiger partial charge < -0.3 is 4.74 Å². The molecule has 0 saturated carbocycles. The summed E-state index contributed by atoms with van der Waals surface area (Å²) in [6, 6.07) is 28.2. The van der Waals surface area contributed by atoms with E-state index in [4.69, 9.17) is 4.74 Å². The van der Waals surface area contributed by atoms with Crippen molar-refractivity contribution >= 4 is 21.7 Å². The van der Waals surface area contributed by atoms with Crippen molar-refractivity contribution in [1.29, 1.82) is 0 Å². The van der Waals surface area contributed by atoms with Crippen molar-refractivity contribution in [1.82, 2.24) is 9.97 Å². The van der Waals surface area contributed by atoms with Crippen LogP contribution in [0.4, 0.5) is 0 Å². The number of benzene rings is 3. The van der Waals surface area contributed by atoms with E-state index in [0.717, 1.165) is 44.4 Å². The average Bonchev–Trinajstić information content (AvgIpc) is 2.74.